The van der Waals surface area contributed by atoms with E-state index in [9.17, 15) is 4.79 Å². The zero-order chi connectivity index (χ0) is 18.2. The Kier molecular flexibility index (Phi) is 6.95. The van der Waals surface area contributed by atoms with E-state index in [1.54, 1.807) is 6.20 Å². The van der Waals surface area contributed by atoms with Gasteiger partial charge in [-0.25, -0.2) is 4.98 Å². The number of nitrogens with two attached hydrogens (primary N) is 1. The highest BCUT2D eigenvalue weighted by molar-refractivity contribution is 5.88. The minimum atomic E-state index is -0.146. The summed E-state index contributed by atoms with van der Waals surface area (Å²) in [5.41, 5.74) is 9.11. The molecule has 1 unspecified atom stereocenters. The zero-order valence-corrected chi connectivity index (χ0v) is 15.2. The van der Waals surface area contributed by atoms with E-state index in [-0.39, 0.29) is 11.9 Å². The molecule has 2 rings (SSSR count). The Bertz CT molecular complexity index is 716. The molecule has 3 N–H and O–H groups in total. The molecule has 5 nitrogen and oxygen atoms in total. The van der Waals surface area contributed by atoms with Crippen molar-refractivity contribution >= 4 is 11.7 Å². The first-order valence-electron chi connectivity index (χ1n) is 8.73. The molecular weight excluding hydrogens is 314 g/mol. The maximum Gasteiger partial charge on any atom is 0.222 e. The summed E-state index contributed by atoms with van der Waals surface area (Å²) in [6.07, 6.45) is 4.88. The number of hydrogen-bond acceptors (Lipinski definition) is 4. The lowest BCUT2D eigenvalue weighted by atomic mass is 10.0. The van der Waals surface area contributed by atoms with Gasteiger partial charge in [0.25, 0.3) is 0 Å². The van der Waals surface area contributed by atoms with E-state index in [1.807, 2.05) is 37.3 Å². The number of aryl methyl sites for hydroxylation is 1. The fourth-order valence-corrected chi connectivity index (χ4v) is 2.66. The molecule has 0 spiro atoms. The second-order valence-corrected chi connectivity index (χ2v) is 6.28. The molecule has 134 valence electrons. The first kappa shape index (κ1) is 18.9. The number of pyridine rings is 1. The molecule has 2 aromatic rings. The van der Waals surface area contributed by atoms with Crippen molar-refractivity contribution in [2.45, 2.75) is 46.1 Å². The smallest absolute Gasteiger partial charge is 0.222 e. The molecule has 1 heterocycles. The second kappa shape index (κ2) is 9.18. The molecule has 0 radical (unpaired) electrons. The van der Waals surface area contributed by atoms with Crippen LogP contribution in [0.4, 0.5) is 5.82 Å². The van der Waals surface area contributed by atoms with Crippen LogP contribution in [-0.4, -0.2) is 23.5 Å². The highest BCUT2D eigenvalue weighted by Crippen LogP contribution is 2.33. The van der Waals surface area contributed by atoms with Crippen LogP contribution in [0.15, 0.2) is 36.5 Å². The van der Waals surface area contributed by atoms with Crippen molar-refractivity contribution in [2.24, 2.45) is 5.73 Å². The largest absolute Gasteiger partial charge is 0.491 e. The van der Waals surface area contributed by atoms with Crippen LogP contribution in [0.2, 0.25) is 0 Å². The van der Waals surface area contributed by atoms with E-state index in [0.29, 0.717) is 12.4 Å². The van der Waals surface area contributed by atoms with Gasteiger partial charge in [-0.05, 0) is 36.6 Å². The van der Waals surface area contributed by atoms with Gasteiger partial charge in [-0.15, -0.1) is 0 Å². The Labute approximate surface area is 149 Å². The highest BCUT2D eigenvalue weighted by Gasteiger charge is 2.12. The van der Waals surface area contributed by atoms with Crippen molar-refractivity contribution in [1.82, 2.24) is 4.98 Å². The van der Waals surface area contributed by atoms with E-state index >= 15 is 0 Å². The maximum atomic E-state index is 11.3. The van der Waals surface area contributed by atoms with Crippen molar-refractivity contribution in [3.8, 4) is 16.9 Å². The fraction of sp³-hybridized carbons (Fsp3) is 0.400. The molecule has 1 amide bonds. The third-order valence-electron chi connectivity index (χ3n) is 3.96. The minimum Gasteiger partial charge on any atom is -0.491 e. The number of nitrogens with zero attached hydrogens (tertiary/aromatic N) is 1. The molecule has 0 aliphatic heterocycles. The summed E-state index contributed by atoms with van der Waals surface area (Å²) in [4.78, 5) is 15.4. The number of amides is 1. The van der Waals surface area contributed by atoms with Crippen LogP contribution in [0.5, 0.6) is 5.75 Å². The Hall–Kier alpha value is -2.40. The lowest BCUT2D eigenvalue weighted by Gasteiger charge is -2.18. The number of carbonyl (C=O) groups is 1. The lowest BCUT2D eigenvalue weighted by Crippen LogP contribution is -2.27. The maximum absolute atomic E-state index is 11.3. The summed E-state index contributed by atoms with van der Waals surface area (Å²) in [5, 5.41) is 2.71. The predicted molar refractivity (Wildman–Crippen MR) is 102 cm³/mol. The second-order valence-electron chi connectivity index (χ2n) is 6.28. The van der Waals surface area contributed by atoms with Gasteiger partial charge >= 0.3 is 0 Å². The molecule has 5 heteroatoms. The molecule has 1 atom stereocenters. The van der Waals surface area contributed by atoms with Crippen LogP contribution >= 0.6 is 0 Å². The van der Waals surface area contributed by atoms with Crippen LogP contribution in [0.1, 0.15) is 38.7 Å². The number of carbonyl (C=O) groups excluding carboxylic acids is 1. The summed E-state index contributed by atoms with van der Waals surface area (Å²) in [5.74, 6) is 1.21. The van der Waals surface area contributed by atoms with E-state index in [4.69, 9.17) is 10.5 Å². The van der Waals surface area contributed by atoms with Crippen molar-refractivity contribution in [3.63, 3.8) is 0 Å². The van der Waals surface area contributed by atoms with Crippen molar-refractivity contribution < 1.29 is 9.53 Å². The molecule has 0 bridgehead atoms. The van der Waals surface area contributed by atoms with Crippen molar-refractivity contribution in [2.75, 3.05) is 11.9 Å². The van der Waals surface area contributed by atoms with Gasteiger partial charge in [0.15, 0.2) is 0 Å². The number of anilines is 1. The Morgan fingerprint density at radius 1 is 1.36 bits per heavy atom. The quantitative estimate of drug-likeness (QED) is 0.763. The molecule has 0 aliphatic carbocycles. The van der Waals surface area contributed by atoms with Gasteiger partial charge in [-0.1, -0.05) is 38.0 Å². The average molecular weight is 341 g/mol. The SMILES string of the molecule is CCCCC(N)COc1c(C)cccc1-c1ccnc(NC(C)=O)c1. The van der Waals surface area contributed by atoms with Gasteiger partial charge in [0.2, 0.25) is 5.91 Å². The molecule has 1 aromatic heterocycles. The van der Waals surface area contributed by atoms with E-state index in [2.05, 4.69) is 17.2 Å². The average Bonchev–Trinajstić information content (AvgIpc) is 2.58. The molecular formula is C20H27N3O2. The minimum absolute atomic E-state index is 0.0276. The standard InChI is InChI=1S/C20H27N3O2/c1-4-5-8-17(21)13-25-20-14(2)7-6-9-18(20)16-10-11-22-19(12-16)23-15(3)24/h6-7,9-12,17H,4-5,8,13,21H2,1-3H3,(H,22,23,24). The van der Waals surface area contributed by atoms with Crippen LogP contribution in [0, 0.1) is 6.92 Å². The van der Waals surface area contributed by atoms with Gasteiger partial charge in [0.1, 0.15) is 18.2 Å². The van der Waals surface area contributed by atoms with E-state index in [1.165, 1.54) is 6.92 Å². The lowest BCUT2D eigenvalue weighted by molar-refractivity contribution is -0.114. The monoisotopic (exact) mass is 341 g/mol. The van der Waals surface area contributed by atoms with Crippen molar-refractivity contribution in [1.29, 1.82) is 0 Å². The molecule has 0 fully saturated rings. The summed E-state index contributed by atoms with van der Waals surface area (Å²) in [7, 11) is 0. The van der Waals surface area contributed by atoms with Crippen molar-refractivity contribution in [3.05, 3.63) is 42.1 Å². The molecule has 0 aliphatic rings. The molecule has 1 aromatic carbocycles. The predicted octanol–water partition coefficient (Wildman–Crippen LogP) is 3.91. The number of ether oxygens (including phenoxy) is 1. The number of benzene rings is 1. The number of aromatic nitrogens is 1. The Morgan fingerprint density at radius 3 is 2.88 bits per heavy atom. The van der Waals surface area contributed by atoms with Crippen LogP contribution in [0.25, 0.3) is 11.1 Å². The van der Waals surface area contributed by atoms with E-state index in [0.717, 1.165) is 41.7 Å². The summed E-state index contributed by atoms with van der Waals surface area (Å²) in [6, 6.07) is 9.80. The van der Waals surface area contributed by atoms with Gasteiger partial charge in [0, 0.05) is 24.7 Å². The molecule has 25 heavy (non-hydrogen) atoms. The normalized spacial score (nSPS) is 11.8. The first-order valence-corrected chi connectivity index (χ1v) is 8.73. The highest BCUT2D eigenvalue weighted by atomic mass is 16.5. The van der Waals surface area contributed by atoms with E-state index < -0.39 is 0 Å². The number of unbranched alkanes of at least 4 members (excludes halogenated alkanes) is 1. The number of nitrogens with one attached hydrogen (secondary N) is 1. The Balaban J connectivity index is 2.24. The van der Waals surface area contributed by atoms with Gasteiger partial charge in [0.05, 0.1) is 0 Å². The van der Waals surface area contributed by atoms with Gasteiger partial charge < -0.3 is 15.8 Å². The van der Waals surface area contributed by atoms with Gasteiger partial charge in [-0.2, -0.15) is 0 Å². The Morgan fingerprint density at radius 2 is 2.16 bits per heavy atom. The third-order valence-corrected chi connectivity index (χ3v) is 3.96. The van der Waals surface area contributed by atoms with Gasteiger partial charge in [-0.3, -0.25) is 4.79 Å². The molecule has 0 saturated carbocycles. The fourth-order valence-electron chi connectivity index (χ4n) is 2.66. The number of para-hydroxylation sites is 1. The zero-order valence-electron chi connectivity index (χ0n) is 15.2. The summed E-state index contributed by atoms with van der Waals surface area (Å²) < 4.78 is 6.07. The van der Waals surface area contributed by atoms with Crippen LogP contribution < -0.4 is 15.8 Å². The first-order chi connectivity index (χ1) is 12.0. The topological polar surface area (TPSA) is 77.2 Å². The summed E-state index contributed by atoms with van der Waals surface area (Å²) >= 11 is 0. The number of rotatable bonds is 8. The summed E-state index contributed by atoms with van der Waals surface area (Å²) in [6.45, 7) is 6.13. The van der Waals surface area contributed by atoms with Crippen LogP contribution in [0.3, 0.4) is 0 Å². The molecule has 0 saturated heterocycles. The number of hydrogen-bond donors (Lipinski definition) is 2. The third kappa shape index (κ3) is 5.57. The van der Waals surface area contributed by atoms with Crippen LogP contribution in [-0.2, 0) is 4.79 Å².